The summed E-state index contributed by atoms with van der Waals surface area (Å²) in [6.07, 6.45) is 8.81. The molecular weight excluding hydrogens is 570 g/mol. The van der Waals surface area contributed by atoms with Gasteiger partial charge in [-0.3, -0.25) is 9.69 Å². The molecular formula is C35H35N5O3S. The lowest BCUT2D eigenvalue weighted by Gasteiger charge is -2.34. The highest BCUT2D eigenvalue weighted by Crippen LogP contribution is 2.64. The minimum atomic E-state index is -0.141. The number of hydrogen-bond acceptors (Lipinski definition) is 7. The SMILES string of the molecule is COc1ccc(-c2nn(-c3ccccc3)cc2C=C2SC(=NN=C3CC4CCC3(C)C4(C)C)N(Cc3ccco3)C2=O)cc1. The molecule has 3 aliphatic rings. The Labute approximate surface area is 261 Å². The molecule has 2 bridgehead atoms. The van der Waals surface area contributed by atoms with Gasteiger partial charge in [0, 0.05) is 28.5 Å². The second kappa shape index (κ2) is 11.0. The second-order valence-electron chi connectivity index (χ2n) is 12.4. The predicted molar refractivity (Wildman–Crippen MR) is 174 cm³/mol. The summed E-state index contributed by atoms with van der Waals surface area (Å²) < 4.78 is 12.8. The van der Waals surface area contributed by atoms with Gasteiger partial charge in [-0.2, -0.15) is 10.2 Å². The molecule has 0 N–H and O–H groups in total. The molecule has 2 atom stereocenters. The van der Waals surface area contributed by atoms with Crippen molar-refractivity contribution in [3.63, 3.8) is 0 Å². The van der Waals surface area contributed by atoms with Crippen molar-refractivity contribution in [2.45, 2.75) is 46.6 Å². The van der Waals surface area contributed by atoms with Crippen molar-refractivity contribution in [2.24, 2.45) is 27.0 Å². The number of thioether (sulfide) groups is 1. The molecule has 4 aromatic rings. The van der Waals surface area contributed by atoms with Gasteiger partial charge < -0.3 is 9.15 Å². The molecule has 1 amide bonds. The van der Waals surface area contributed by atoms with Crippen molar-refractivity contribution >= 4 is 34.6 Å². The molecule has 8 nitrogen and oxygen atoms in total. The molecule has 2 aliphatic carbocycles. The van der Waals surface area contributed by atoms with E-state index >= 15 is 0 Å². The van der Waals surface area contributed by atoms with Gasteiger partial charge in [0.2, 0.25) is 0 Å². The third kappa shape index (κ3) is 4.79. The average molecular weight is 606 g/mol. The number of amidine groups is 1. The Kier molecular flexibility index (Phi) is 7.08. The van der Waals surface area contributed by atoms with E-state index in [-0.39, 0.29) is 23.3 Å². The van der Waals surface area contributed by atoms with Crippen LogP contribution in [0.4, 0.5) is 0 Å². The van der Waals surface area contributed by atoms with Crippen molar-refractivity contribution in [2.75, 3.05) is 7.11 Å². The van der Waals surface area contributed by atoms with Gasteiger partial charge in [-0.15, -0.1) is 5.10 Å². The van der Waals surface area contributed by atoms with Crippen molar-refractivity contribution < 1.29 is 13.9 Å². The van der Waals surface area contributed by atoms with E-state index in [1.807, 2.05) is 83.7 Å². The molecule has 1 saturated heterocycles. The number of rotatable bonds is 7. The summed E-state index contributed by atoms with van der Waals surface area (Å²) in [5.74, 6) is 1.93. The Balaban J connectivity index is 1.28. The first-order chi connectivity index (χ1) is 21.3. The number of amides is 1. The number of carbonyl (C=O) groups is 1. The number of aromatic nitrogens is 2. The lowest BCUT2D eigenvalue weighted by atomic mass is 9.70. The van der Waals surface area contributed by atoms with Crippen LogP contribution in [0.25, 0.3) is 23.0 Å². The van der Waals surface area contributed by atoms with Crippen LogP contribution in [0.1, 0.15) is 51.4 Å². The first-order valence-electron chi connectivity index (χ1n) is 14.9. The Morgan fingerprint density at radius 3 is 2.52 bits per heavy atom. The Bertz CT molecular complexity index is 1790. The second-order valence-corrected chi connectivity index (χ2v) is 13.5. The zero-order chi connectivity index (χ0) is 30.5. The third-order valence-corrected chi connectivity index (χ3v) is 11.0. The number of para-hydroxylation sites is 1. The topological polar surface area (TPSA) is 85.2 Å². The number of hydrogen-bond donors (Lipinski definition) is 0. The summed E-state index contributed by atoms with van der Waals surface area (Å²) >= 11 is 1.34. The van der Waals surface area contributed by atoms with Crippen LogP contribution >= 0.6 is 11.8 Å². The van der Waals surface area contributed by atoms with Gasteiger partial charge in [0.05, 0.1) is 36.2 Å². The van der Waals surface area contributed by atoms with Gasteiger partial charge in [0.1, 0.15) is 11.5 Å². The smallest absolute Gasteiger partial charge is 0.267 e. The van der Waals surface area contributed by atoms with E-state index in [1.165, 1.54) is 18.2 Å². The molecule has 3 heterocycles. The van der Waals surface area contributed by atoms with Crippen LogP contribution < -0.4 is 4.74 Å². The molecule has 44 heavy (non-hydrogen) atoms. The van der Waals surface area contributed by atoms with Crippen LogP contribution in [0.5, 0.6) is 5.75 Å². The highest BCUT2D eigenvalue weighted by molar-refractivity contribution is 8.18. The van der Waals surface area contributed by atoms with E-state index in [0.29, 0.717) is 21.8 Å². The zero-order valence-corrected chi connectivity index (χ0v) is 26.2. The number of methoxy groups -OCH3 is 1. The lowest BCUT2D eigenvalue weighted by molar-refractivity contribution is -0.122. The van der Waals surface area contributed by atoms with Crippen LogP contribution in [-0.2, 0) is 11.3 Å². The molecule has 1 aliphatic heterocycles. The Morgan fingerprint density at radius 1 is 1.07 bits per heavy atom. The normalized spacial score (nSPS) is 25.2. The maximum absolute atomic E-state index is 14.0. The Morgan fingerprint density at radius 2 is 1.86 bits per heavy atom. The molecule has 224 valence electrons. The minimum Gasteiger partial charge on any atom is -0.497 e. The van der Waals surface area contributed by atoms with Gasteiger partial charge in [0.25, 0.3) is 5.91 Å². The molecule has 9 heteroatoms. The van der Waals surface area contributed by atoms with Crippen LogP contribution in [-0.4, -0.2) is 38.6 Å². The van der Waals surface area contributed by atoms with E-state index in [0.717, 1.165) is 46.8 Å². The number of ether oxygens (including phenoxy) is 1. The van der Waals surface area contributed by atoms with E-state index in [9.17, 15) is 4.79 Å². The van der Waals surface area contributed by atoms with E-state index < -0.39 is 0 Å². The van der Waals surface area contributed by atoms with Gasteiger partial charge in [0.15, 0.2) is 5.17 Å². The standard InChI is InChI=1S/C35H35N5O3S/c1-34(2)25-16-17-35(34,3)30(20-25)36-37-33-39(22-28-11-8-18-43-28)32(41)29(44-33)19-24-21-40(26-9-6-5-7-10-26)38-31(24)23-12-14-27(42-4)15-13-23/h5-15,18-19,21,25H,16-17,20,22H2,1-4H3. The molecule has 7 rings (SSSR count). The van der Waals surface area contributed by atoms with Crippen LogP contribution in [0.2, 0.25) is 0 Å². The fourth-order valence-corrected chi connectivity index (χ4v) is 7.70. The maximum atomic E-state index is 14.0. The number of benzene rings is 2. The molecule has 2 saturated carbocycles. The first kappa shape index (κ1) is 28.4. The summed E-state index contributed by atoms with van der Waals surface area (Å²) in [6.45, 7) is 7.31. The fourth-order valence-electron chi connectivity index (χ4n) is 6.78. The monoisotopic (exact) mass is 605 g/mol. The van der Waals surface area contributed by atoms with E-state index in [2.05, 4.69) is 20.8 Å². The summed E-state index contributed by atoms with van der Waals surface area (Å²) in [6, 6.07) is 21.4. The molecule has 0 radical (unpaired) electrons. The minimum absolute atomic E-state index is 0.0266. The first-order valence-corrected chi connectivity index (χ1v) is 15.8. The molecule has 2 aromatic heterocycles. The highest BCUT2D eigenvalue weighted by Gasteiger charge is 2.60. The third-order valence-electron chi connectivity index (χ3n) is 9.96. The molecule has 0 spiro atoms. The van der Waals surface area contributed by atoms with Crippen LogP contribution in [0.3, 0.4) is 0 Å². The quantitative estimate of drug-likeness (QED) is 0.158. The van der Waals surface area contributed by atoms with E-state index in [4.69, 9.17) is 24.5 Å². The molecule has 2 unspecified atom stereocenters. The number of carbonyl (C=O) groups excluding carboxylic acids is 1. The van der Waals surface area contributed by atoms with Crippen molar-refractivity contribution in [1.82, 2.24) is 14.7 Å². The highest BCUT2D eigenvalue weighted by atomic mass is 32.2. The van der Waals surface area contributed by atoms with Gasteiger partial charge in [-0.05, 0) is 97.0 Å². The van der Waals surface area contributed by atoms with Crippen molar-refractivity contribution in [3.05, 3.63) is 95.4 Å². The summed E-state index contributed by atoms with van der Waals surface area (Å²) in [5, 5.41) is 15.1. The number of nitrogens with zero attached hydrogens (tertiary/aromatic N) is 5. The van der Waals surface area contributed by atoms with E-state index in [1.54, 1.807) is 18.3 Å². The maximum Gasteiger partial charge on any atom is 0.267 e. The largest absolute Gasteiger partial charge is 0.497 e. The summed E-state index contributed by atoms with van der Waals surface area (Å²) in [7, 11) is 1.65. The van der Waals surface area contributed by atoms with Crippen molar-refractivity contribution in [3.8, 4) is 22.7 Å². The fraction of sp³-hybridized carbons (Fsp3) is 0.314. The average Bonchev–Trinajstić information content (AvgIpc) is 3.84. The zero-order valence-electron chi connectivity index (χ0n) is 25.4. The van der Waals surface area contributed by atoms with Gasteiger partial charge in [-0.1, -0.05) is 39.0 Å². The number of furan rings is 1. The summed E-state index contributed by atoms with van der Waals surface area (Å²) in [4.78, 5) is 16.2. The Hall–Kier alpha value is -4.37. The molecule has 3 fully saturated rings. The summed E-state index contributed by atoms with van der Waals surface area (Å²) in [5.41, 5.74) is 4.79. The molecule has 2 aromatic carbocycles. The lowest BCUT2D eigenvalue weighted by Crippen LogP contribution is -2.32. The van der Waals surface area contributed by atoms with Crippen molar-refractivity contribution in [1.29, 1.82) is 0 Å². The van der Waals surface area contributed by atoms with Crippen LogP contribution in [0, 0.1) is 16.7 Å². The van der Waals surface area contributed by atoms with Crippen LogP contribution in [0.15, 0.2) is 98.7 Å². The van der Waals surface area contributed by atoms with Gasteiger partial charge in [-0.25, -0.2) is 4.68 Å². The van der Waals surface area contributed by atoms with Gasteiger partial charge >= 0.3 is 0 Å². The number of fused-ring (bicyclic) bond motifs is 2. The predicted octanol–water partition coefficient (Wildman–Crippen LogP) is 7.82.